The maximum atomic E-state index is 10.3. The van der Waals surface area contributed by atoms with Gasteiger partial charge < -0.3 is 14.6 Å². The molecule has 1 saturated heterocycles. The molecule has 1 saturated carbocycles. The van der Waals surface area contributed by atoms with Crippen LogP contribution in [0.15, 0.2) is 18.2 Å². The van der Waals surface area contributed by atoms with E-state index in [1.807, 2.05) is 6.07 Å². The van der Waals surface area contributed by atoms with E-state index in [0.29, 0.717) is 5.92 Å². The Kier molecular flexibility index (Phi) is 3.04. The minimum absolute atomic E-state index is 0.561. The van der Waals surface area contributed by atoms with Crippen LogP contribution in [0.2, 0.25) is 0 Å². The lowest BCUT2D eigenvalue weighted by Crippen LogP contribution is -2.15. The molecule has 2 fully saturated rings. The molecule has 1 aliphatic carbocycles. The smallest absolute Gasteiger partial charge is 0.124 e. The van der Waals surface area contributed by atoms with Gasteiger partial charge in [-0.25, -0.2) is 0 Å². The van der Waals surface area contributed by atoms with Gasteiger partial charge in [-0.3, -0.25) is 0 Å². The van der Waals surface area contributed by atoms with E-state index < -0.39 is 5.60 Å². The average molecular weight is 248 g/mol. The van der Waals surface area contributed by atoms with Crippen LogP contribution in [0.3, 0.4) is 0 Å². The molecule has 0 radical (unpaired) electrons. The molecule has 0 aromatic heterocycles. The van der Waals surface area contributed by atoms with Gasteiger partial charge in [-0.05, 0) is 49.3 Å². The molecule has 0 spiro atoms. The first kappa shape index (κ1) is 12.0. The summed E-state index contributed by atoms with van der Waals surface area (Å²) >= 11 is 0. The quantitative estimate of drug-likeness (QED) is 0.893. The zero-order valence-electron chi connectivity index (χ0n) is 10.8. The maximum Gasteiger partial charge on any atom is 0.124 e. The zero-order chi connectivity index (χ0) is 12.6. The fraction of sp³-hybridized carbons (Fsp3) is 0.600. The van der Waals surface area contributed by atoms with Gasteiger partial charge in [-0.2, -0.15) is 0 Å². The Balaban J connectivity index is 1.91. The molecule has 3 nitrogen and oxygen atoms in total. The van der Waals surface area contributed by atoms with Crippen LogP contribution in [0.1, 0.15) is 42.7 Å². The summed E-state index contributed by atoms with van der Waals surface area (Å²) < 4.78 is 10.8. The summed E-state index contributed by atoms with van der Waals surface area (Å²) in [6, 6.07) is 6.27. The van der Waals surface area contributed by atoms with Crippen molar-refractivity contribution >= 4 is 0 Å². The summed E-state index contributed by atoms with van der Waals surface area (Å²) in [5.74, 6) is 1.37. The normalized spacial score (nSPS) is 22.8. The fourth-order valence-corrected chi connectivity index (χ4v) is 2.76. The van der Waals surface area contributed by atoms with Crippen molar-refractivity contribution in [1.82, 2.24) is 0 Å². The number of methoxy groups -OCH3 is 1. The van der Waals surface area contributed by atoms with Crippen LogP contribution in [0, 0.1) is 0 Å². The van der Waals surface area contributed by atoms with Crippen LogP contribution in [0.5, 0.6) is 5.75 Å². The van der Waals surface area contributed by atoms with E-state index >= 15 is 0 Å². The van der Waals surface area contributed by atoms with Crippen molar-refractivity contribution < 1.29 is 14.6 Å². The van der Waals surface area contributed by atoms with Gasteiger partial charge in [-0.15, -0.1) is 0 Å². The maximum absolute atomic E-state index is 10.3. The Morgan fingerprint density at radius 2 is 2.00 bits per heavy atom. The molecule has 3 rings (SSSR count). The molecular weight excluding hydrogens is 228 g/mol. The average Bonchev–Trinajstić information content (AvgIpc) is 3.18. The topological polar surface area (TPSA) is 38.7 Å². The number of rotatable bonds is 3. The summed E-state index contributed by atoms with van der Waals surface area (Å²) in [4.78, 5) is 0. The molecule has 3 heteroatoms. The van der Waals surface area contributed by atoms with Crippen LogP contribution in [0.25, 0.3) is 0 Å². The minimum Gasteiger partial charge on any atom is -0.496 e. The van der Waals surface area contributed by atoms with Gasteiger partial charge in [-0.1, -0.05) is 6.07 Å². The highest BCUT2D eigenvalue weighted by Crippen LogP contribution is 2.49. The van der Waals surface area contributed by atoms with Gasteiger partial charge in [0.25, 0.3) is 0 Å². The van der Waals surface area contributed by atoms with Crippen molar-refractivity contribution in [2.24, 2.45) is 0 Å². The third kappa shape index (κ3) is 2.13. The van der Waals surface area contributed by atoms with Gasteiger partial charge in [0.1, 0.15) is 5.75 Å². The summed E-state index contributed by atoms with van der Waals surface area (Å²) in [6.45, 7) is 1.69. The SMILES string of the molecule is COc1ccc(C2CCOCC2)cc1C1(O)CC1. The molecule has 0 amide bonds. The van der Waals surface area contributed by atoms with Crippen molar-refractivity contribution in [2.75, 3.05) is 20.3 Å². The van der Waals surface area contributed by atoms with Crippen molar-refractivity contribution in [2.45, 2.75) is 37.2 Å². The third-order valence-corrected chi connectivity index (χ3v) is 4.14. The number of benzene rings is 1. The number of ether oxygens (including phenoxy) is 2. The third-order valence-electron chi connectivity index (χ3n) is 4.14. The van der Waals surface area contributed by atoms with Gasteiger partial charge in [0.2, 0.25) is 0 Å². The molecule has 1 aromatic carbocycles. The Morgan fingerprint density at radius 3 is 2.61 bits per heavy atom. The minimum atomic E-state index is -0.632. The molecule has 1 aliphatic heterocycles. The summed E-state index contributed by atoms with van der Waals surface area (Å²) in [6.07, 6.45) is 3.84. The van der Waals surface area contributed by atoms with E-state index in [4.69, 9.17) is 9.47 Å². The van der Waals surface area contributed by atoms with Crippen molar-refractivity contribution in [1.29, 1.82) is 0 Å². The van der Waals surface area contributed by atoms with Crippen LogP contribution in [-0.2, 0) is 10.3 Å². The summed E-state index contributed by atoms with van der Waals surface area (Å²) in [7, 11) is 1.67. The van der Waals surface area contributed by atoms with Crippen LogP contribution >= 0.6 is 0 Å². The highest BCUT2D eigenvalue weighted by atomic mass is 16.5. The summed E-state index contributed by atoms with van der Waals surface area (Å²) in [5.41, 5.74) is 1.65. The van der Waals surface area contributed by atoms with E-state index in [9.17, 15) is 5.11 Å². The van der Waals surface area contributed by atoms with Crippen LogP contribution in [-0.4, -0.2) is 25.4 Å². The van der Waals surface area contributed by atoms with Crippen molar-refractivity contribution in [3.05, 3.63) is 29.3 Å². The molecule has 2 aliphatic rings. The van der Waals surface area contributed by atoms with E-state index in [0.717, 1.165) is 50.2 Å². The number of hydrogen-bond donors (Lipinski definition) is 1. The molecule has 18 heavy (non-hydrogen) atoms. The molecule has 98 valence electrons. The first-order valence-electron chi connectivity index (χ1n) is 6.71. The number of hydrogen-bond acceptors (Lipinski definition) is 3. The molecule has 0 atom stereocenters. The Hall–Kier alpha value is -1.06. The van der Waals surface area contributed by atoms with Crippen LogP contribution < -0.4 is 4.74 Å². The fourth-order valence-electron chi connectivity index (χ4n) is 2.76. The zero-order valence-corrected chi connectivity index (χ0v) is 10.8. The molecular formula is C15H20O3. The highest BCUT2D eigenvalue weighted by Gasteiger charge is 2.44. The van der Waals surface area contributed by atoms with Crippen molar-refractivity contribution in [3.63, 3.8) is 0 Å². The first-order chi connectivity index (χ1) is 8.73. The molecule has 1 aromatic rings. The van der Waals surface area contributed by atoms with Gasteiger partial charge in [0.15, 0.2) is 0 Å². The summed E-state index contributed by atoms with van der Waals surface area (Å²) in [5, 5.41) is 10.3. The number of aliphatic hydroxyl groups is 1. The second-order valence-corrected chi connectivity index (χ2v) is 5.38. The van der Waals surface area contributed by atoms with Gasteiger partial charge >= 0.3 is 0 Å². The standard InChI is InChI=1S/C15H20O3/c1-17-14-3-2-12(11-4-8-18-9-5-11)10-13(14)15(16)6-7-15/h2-3,10-11,16H,4-9H2,1H3. The van der Waals surface area contributed by atoms with Gasteiger partial charge in [0, 0.05) is 18.8 Å². The molecule has 1 N–H and O–H groups in total. The predicted octanol–water partition coefficient (Wildman–Crippen LogP) is 2.57. The van der Waals surface area contributed by atoms with Crippen LogP contribution in [0.4, 0.5) is 0 Å². The molecule has 0 bridgehead atoms. The van der Waals surface area contributed by atoms with E-state index in [-0.39, 0.29) is 0 Å². The predicted molar refractivity (Wildman–Crippen MR) is 68.9 cm³/mol. The molecule has 1 heterocycles. The monoisotopic (exact) mass is 248 g/mol. The molecule has 0 unspecified atom stereocenters. The Bertz CT molecular complexity index is 431. The van der Waals surface area contributed by atoms with E-state index in [1.165, 1.54) is 5.56 Å². The lowest BCUT2D eigenvalue weighted by atomic mass is 9.89. The van der Waals surface area contributed by atoms with Crippen molar-refractivity contribution in [3.8, 4) is 5.75 Å². The van der Waals surface area contributed by atoms with Gasteiger partial charge in [0.05, 0.1) is 12.7 Å². The lowest BCUT2D eigenvalue weighted by Gasteiger charge is -2.24. The highest BCUT2D eigenvalue weighted by molar-refractivity contribution is 5.44. The Morgan fingerprint density at radius 1 is 1.28 bits per heavy atom. The lowest BCUT2D eigenvalue weighted by molar-refractivity contribution is 0.0852. The second-order valence-electron chi connectivity index (χ2n) is 5.38. The first-order valence-corrected chi connectivity index (χ1v) is 6.71. The van der Waals surface area contributed by atoms with E-state index in [2.05, 4.69) is 12.1 Å². The Labute approximate surface area is 108 Å². The second kappa shape index (κ2) is 4.56. The largest absolute Gasteiger partial charge is 0.496 e. The van der Waals surface area contributed by atoms with E-state index in [1.54, 1.807) is 7.11 Å².